The SMILES string of the molecule is C1=C(C2=NNCC2)CCC1. The van der Waals surface area contributed by atoms with Gasteiger partial charge in [0.15, 0.2) is 0 Å². The number of hydrogen-bond donors (Lipinski definition) is 1. The summed E-state index contributed by atoms with van der Waals surface area (Å²) in [7, 11) is 0. The molecule has 0 atom stereocenters. The fourth-order valence-electron chi connectivity index (χ4n) is 1.55. The third-order valence-electron chi connectivity index (χ3n) is 2.10. The van der Waals surface area contributed by atoms with E-state index in [0.29, 0.717) is 0 Å². The highest BCUT2D eigenvalue weighted by molar-refractivity contribution is 6.01. The van der Waals surface area contributed by atoms with Gasteiger partial charge >= 0.3 is 0 Å². The summed E-state index contributed by atoms with van der Waals surface area (Å²) in [5, 5.41) is 4.22. The van der Waals surface area contributed by atoms with Crippen LogP contribution in [0.25, 0.3) is 0 Å². The van der Waals surface area contributed by atoms with Crippen molar-refractivity contribution in [2.24, 2.45) is 5.10 Å². The second-order valence-corrected chi connectivity index (χ2v) is 2.84. The third-order valence-corrected chi connectivity index (χ3v) is 2.10. The van der Waals surface area contributed by atoms with Gasteiger partial charge in [-0.15, -0.1) is 0 Å². The van der Waals surface area contributed by atoms with E-state index >= 15 is 0 Å². The molecule has 0 radical (unpaired) electrons. The average molecular weight is 136 g/mol. The maximum absolute atomic E-state index is 4.22. The lowest BCUT2D eigenvalue weighted by Crippen LogP contribution is -1.97. The minimum Gasteiger partial charge on any atom is -0.309 e. The molecule has 2 nitrogen and oxygen atoms in total. The van der Waals surface area contributed by atoms with Crippen molar-refractivity contribution in [3.63, 3.8) is 0 Å². The monoisotopic (exact) mass is 136 g/mol. The highest BCUT2D eigenvalue weighted by Gasteiger charge is 2.13. The number of rotatable bonds is 1. The summed E-state index contributed by atoms with van der Waals surface area (Å²) in [6.45, 7) is 1.03. The van der Waals surface area contributed by atoms with Gasteiger partial charge in [-0.1, -0.05) is 6.08 Å². The zero-order valence-corrected chi connectivity index (χ0v) is 6.06. The van der Waals surface area contributed by atoms with E-state index in [1.54, 1.807) is 0 Å². The Kier molecular flexibility index (Phi) is 1.46. The Morgan fingerprint density at radius 1 is 1.40 bits per heavy atom. The third kappa shape index (κ3) is 0.939. The van der Waals surface area contributed by atoms with Gasteiger partial charge in [0, 0.05) is 13.0 Å². The lowest BCUT2D eigenvalue weighted by atomic mass is 10.1. The van der Waals surface area contributed by atoms with Gasteiger partial charge in [-0.3, -0.25) is 0 Å². The van der Waals surface area contributed by atoms with E-state index in [4.69, 9.17) is 0 Å². The lowest BCUT2D eigenvalue weighted by molar-refractivity contribution is 0.813. The van der Waals surface area contributed by atoms with Gasteiger partial charge in [0.05, 0.1) is 5.71 Å². The Morgan fingerprint density at radius 2 is 2.40 bits per heavy atom. The van der Waals surface area contributed by atoms with Gasteiger partial charge < -0.3 is 5.43 Å². The van der Waals surface area contributed by atoms with Crippen molar-refractivity contribution in [3.8, 4) is 0 Å². The Balaban J connectivity index is 2.10. The number of hydrazone groups is 1. The van der Waals surface area contributed by atoms with Crippen molar-refractivity contribution in [2.45, 2.75) is 25.7 Å². The van der Waals surface area contributed by atoms with Crippen LogP contribution in [-0.4, -0.2) is 12.3 Å². The molecule has 0 aromatic carbocycles. The number of hydrogen-bond acceptors (Lipinski definition) is 2. The predicted molar refractivity (Wildman–Crippen MR) is 42.0 cm³/mol. The quantitative estimate of drug-likeness (QED) is 0.579. The standard InChI is InChI=1S/C8H12N2/c1-2-4-7(3-1)8-5-6-9-10-8/h3,9H,1-2,4-6H2. The molecular weight excluding hydrogens is 124 g/mol. The van der Waals surface area contributed by atoms with Gasteiger partial charge in [-0.2, -0.15) is 5.10 Å². The van der Waals surface area contributed by atoms with Crippen LogP contribution in [0.15, 0.2) is 16.8 Å². The van der Waals surface area contributed by atoms with E-state index in [1.165, 1.54) is 30.5 Å². The molecule has 2 heteroatoms. The number of nitrogens with zero attached hydrogens (tertiary/aromatic N) is 1. The smallest absolute Gasteiger partial charge is 0.0649 e. The molecular formula is C8H12N2. The van der Waals surface area contributed by atoms with Gasteiger partial charge in [0.2, 0.25) is 0 Å². The maximum Gasteiger partial charge on any atom is 0.0649 e. The van der Waals surface area contributed by atoms with Gasteiger partial charge in [-0.05, 0) is 24.8 Å². The molecule has 0 fully saturated rings. The molecule has 2 aliphatic rings. The van der Waals surface area contributed by atoms with Crippen LogP contribution >= 0.6 is 0 Å². The fourth-order valence-corrected chi connectivity index (χ4v) is 1.55. The molecule has 0 bridgehead atoms. The van der Waals surface area contributed by atoms with E-state index in [0.717, 1.165) is 13.0 Å². The van der Waals surface area contributed by atoms with Gasteiger partial charge in [0.1, 0.15) is 0 Å². The zero-order chi connectivity index (χ0) is 6.81. The van der Waals surface area contributed by atoms with E-state index in [1.807, 2.05) is 0 Å². The largest absolute Gasteiger partial charge is 0.309 e. The van der Waals surface area contributed by atoms with Gasteiger partial charge in [-0.25, -0.2) is 0 Å². The van der Waals surface area contributed by atoms with Crippen LogP contribution < -0.4 is 5.43 Å². The summed E-state index contributed by atoms with van der Waals surface area (Å²) in [4.78, 5) is 0. The molecule has 0 unspecified atom stereocenters. The van der Waals surface area contributed by atoms with Crippen molar-refractivity contribution >= 4 is 5.71 Å². The molecule has 0 amide bonds. The van der Waals surface area contributed by atoms with E-state index < -0.39 is 0 Å². The summed E-state index contributed by atoms with van der Waals surface area (Å²) < 4.78 is 0. The Hall–Kier alpha value is -0.790. The van der Waals surface area contributed by atoms with E-state index in [2.05, 4.69) is 16.6 Å². The van der Waals surface area contributed by atoms with Crippen LogP contribution in [0.4, 0.5) is 0 Å². The molecule has 0 aromatic heterocycles. The summed E-state index contributed by atoms with van der Waals surface area (Å²) in [5.41, 5.74) is 5.79. The molecule has 0 saturated carbocycles. The zero-order valence-electron chi connectivity index (χ0n) is 6.06. The Bertz CT molecular complexity index is 169. The summed E-state index contributed by atoms with van der Waals surface area (Å²) >= 11 is 0. The molecule has 2 rings (SSSR count). The fraction of sp³-hybridized carbons (Fsp3) is 0.625. The topological polar surface area (TPSA) is 24.4 Å². The Labute approximate surface area is 61.0 Å². The number of allylic oxidation sites excluding steroid dienone is 2. The molecule has 1 aliphatic heterocycles. The summed E-state index contributed by atoms with van der Waals surface area (Å²) in [6, 6.07) is 0. The second kappa shape index (κ2) is 2.45. The van der Waals surface area contributed by atoms with Crippen molar-refractivity contribution in [1.29, 1.82) is 0 Å². The first kappa shape index (κ1) is 5.96. The molecule has 0 aromatic rings. The molecule has 1 heterocycles. The Morgan fingerprint density at radius 3 is 3.00 bits per heavy atom. The van der Waals surface area contributed by atoms with Crippen molar-refractivity contribution in [3.05, 3.63) is 11.6 Å². The van der Waals surface area contributed by atoms with E-state index in [-0.39, 0.29) is 0 Å². The first-order valence-electron chi connectivity index (χ1n) is 3.95. The molecule has 1 N–H and O–H groups in total. The first-order chi connectivity index (χ1) is 4.97. The molecule has 0 saturated heterocycles. The summed E-state index contributed by atoms with van der Waals surface area (Å²) in [6.07, 6.45) is 7.29. The maximum atomic E-state index is 4.22. The minimum absolute atomic E-state index is 1.03. The van der Waals surface area contributed by atoms with Crippen LogP contribution in [0.1, 0.15) is 25.7 Å². The van der Waals surface area contributed by atoms with Crippen molar-refractivity contribution in [1.82, 2.24) is 5.43 Å². The van der Waals surface area contributed by atoms with Gasteiger partial charge in [0.25, 0.3) is 0 Å². The van der Waals surface area contributed by atoms with Crippen LogP contribution in [-0.2, 0) is 0 Å². The predicted octanol–water partition coefficient (Wildman–Crippen LogP) is 1.45. The van der Waals surface area contributed by atoms with Crippen molar-refractivity contribution < 1.29 is 0 Å². The minimum atomic E-state index is 1.03. The molecule has 10 heavy (non-hydrogen) atoms. The highest BCUT2D eigenvalue weighted by atomic mass is 15.3. The lowest BCUT2D eigenvalue weighted by Gasteiger charge is -1.96. The first-order valence-corrected chi connectivity index (χ1v) is 3.95. The average Bonchev–Trinajstić information content (AvgIpc) is 2.59. The molecule has 1 aliphatic carbocycles. The molecule has 54 valence electrons. The molecule has 0 spiro atoms. The highest BCUT2D eigenvalue weighted by Crippen LogP contribution is 2.21. The number of nitrogens with one attached hydrogen (secondary N) is 1. The van der Waals surface area contributed by atoms with E-state index in [9.17, 15) is 0 Å². The van der Waals surface area contributed by atoms with Crippen LogP contribution in [0.5, 0.6) is 0 Å². The van der Waals surface area contributed by atoms with Crippen LogP contribution in [0, 0.1) is 0 Å². The second-order valence-electron chi connectivity index (χ2n) is 2.84. The summed E-state index contributed by atoms with van der Waals surface area (Å²) in [5.74, 6) is 0. The van der Waals surface area contributed by atoms with Crippen molar-refractivity contribution in [2.75, 3.05) is 6.54 Å². The van der Waals surface area contributed by atoms with Crippen LogP contribution in [0.3, 0.4) is 0 Å². The normalized spacial score (nSPS) is 24.0. The van der Waals surface area contributed by atoms with Crippen LogP contribution in [0.2, 0.25) is 0 Å².